The summed E-state index contributed by atoms with van der Waals surface area (Å²) < 4.78 is 0. The first-order chi connectivity index (χ1) is 29.8. The Labute approximate surface area is 372 Å². The molecule has 0 saturated heterocycles. The van der Waals surface area contributed by atoms with Gasteiger partial charge in [0, 0.05) is 32.9 Å². The van der Waals surface area contributed by atoms with E-state index in [4.69, 9.17) is 16.6 Å². The van der Waals surface area contributed by atoms with Crippen LogP contribution >= 0.6 is 11.8 Å². The van der Waals surface area contributed by atoms with E-state index in [0.717, 1.165) is 32.1 Å². The molecule has 1 aromatic carbocycles. The van der Waals surface area contributed by atoms with Crippen molar-refractivity contribution in [1.29, 1.82) is 0 Å². The van der Waals surface area contributed by atoms with Crippen molar-refractivity contribution in [2.45, 2.75) is 159 Å². The third-order valence-electron chi connectivity index (χ3n) is 10.4. The molecule has 1 aromatic rings. The van der Waals surface area contributed by atoms with Crippen molar-refractivity contribution in [2.24, 2.45) is 11.5 Å². The van der Waals surface area contributed by atoms with Gasteiger partial charge in [-0.3, -0.25) is 33.6 Å². The molecular formula is C44H76N8O9S. The summed E-state index contributed by atoms with van der Waals surface area (Å²) in [5.41, 5.74) is 11.5. The van der Waals surface area contributed by atoms with Gasteiger partial charge >= 0.3 is 0 Å². The maximum absolute atomic E-state index is 13.8. The van der Waals surface area contributed by atoms with Crippen molar-refractivity contribution in [2.75, 3.05) is 38.8 Å². The van der Waals surface area contributed by atoms with Crippen LogP contribution in [0.1, 0.15) is 134 Å². The normalized spacial score (nSPS) is 12.9. The van der Waals surface area contributed by atoms with Crippen molar-refractivity contribution < 1.29 is 43.8 Å². The molecule has 0 aliphatic carbocycles. The number of likely N-dealkylation sites (N-methyl/N-ethyl adjacent to an activating group) is 1. The molecule has 1 rings (SSSR count). The Kier molecular flexibility index (Phi) is 31.5. The van der Waals surface area contributed by atoms with Crippen molar-refractivity contribution in [3.63, 3.8) is 0 Å². The second-order valence-electron chi connectivity index (χ2n) is 15.7. The number of aromatic hydroxyl groups is 1. The van der Waals surface area contributed by atoms with E-state index in [0.29, 0.717) is 43.5 Å². The number of unbranched alkanes of at least 4 members (excludes halogenated alkanes) is 13. The topological polar surface area (TPSA) is 284 Å². The number of phenols is 1. The lowest BCUT2D eigenvalue weighted by Gasteiger charge is -2.25. The molecule has 0 fully saturated rings. The zero-order valence-corrected chi connectivity index (χ0v) is 37.9. The van der Waals surface area contributed by atoms with Gasteiger partial charge in [0.2, 0.25) is 41.4 Å². The summed E-state index contributed by atoms with van der Waals surface area (Å²) in [6.45, 7) is 0.159. The number of nitrogens with two attached hydrogens (primary N) is 2. The average Bonchev–Trinajstić information content (AvgIpc) is 3.25. The predicted octanol–water partition coefficient (Wildman–Crippen LogP) is 2.34. The summed E-state index contributed by atoms with van der Waals surface area (Å²) in [7, 11) is 1.43. The first-order valence-corrected chi connectivity index (χ1v) is 23.8. The van der Waals surface area contributed by atoms with Crippen LogP contribution in [0.3, 0.4) is 0 Å². The van der Waals surface area contributed by atoms with Crippen LogP contribution in [-0.2, 0) is 40.0 Å². The zero-order valence-electron chi connectivity index (χ0n) is 37.1. The van der Waals surface area contributed by atoms with E-state index in [1.165, 1.54) is 75.9 Å². The molecule has 4 atom stereocenters. The van der Waals surface area contributed by atoms with Gasteiger partial charge in [0.1, 0.15) is 29.9 Å². The minimum absolute atomic E-state index is 0.0141. The molecule has 0 heterocycles. The van der Waals surface area contributed by atoms with Gasteiger partial charge in [-0.2, -0.15) is 11.8 Å². The molecule has 0 aliphatic heterocycles. The number of rotatable bonds is 37. The monoisotopic (exact) mass is 893 g/mol. The number of carbonyl (C=O) groups excluding carboxylic acids is 7. The number of benzene rings is 1. The summed E-state index contributed by atoms with van der Waals surface area (Å²) in [5.74, 6) is -3.63. The molecule has 17 nitrogen and oxygen atoms in total. The lowest BCUT2D eigenvalue weighted by molar-refractivity contribution is -0.134. The Morgan fingerprint density at radius 3 is 1.65 bits per heavy atom. The van der Waals surface area contributed by atoms with Gasteiger partial charge in [-0.25, -0.2) is 0 Å². The van der Waals surface area contributed by atoms with E-state index < -0.39 is 66.2 Å². The molecule has 18 heteroatoms. The maximum atomic E-state index is 13.8. The van der Waals surface area contributed by atoms with Crippen LogP contribution < -0.4 is 43.4 Å². The number of primary amides is 1. The molecule has 7 amide bonds. The first kappa shape index (κ1) is 55.6. The second-order valence-corrected chi connectivity index (χ2v) is 16.7. The van der Waals surface area contributed by atoms with Gasteiger partial charge in [-0.15, -0.1) is 0 Å². The van der Waals surface area contributed by atoms with E-state index in [1.807, 2.05) is 6.26 Å². The van der Waals surface area contributed by atoms with Gasteiger partial charge < -0.3 is 53.6 Å². The molecule has 0 saturated carbocycles. The van der Waals surface area contributed by atoms with Gasteiger partial charge in [0.25, 0.3) is 0 Å². The third kappa shape index (κ3) is 26.8. The van der Waals surface area contributed by atoms with Crippen LogP contribution in [0.15, 0.2) is 24.3 Å². The summed E-state index contributed by atoms with van der Waals surface area (Å²) in [4.78, 5) is 91.0. The highest BCUT2D eigenvalue weighted by Crippen LogP contribution is 2.15. The summed E-state index contributed by atoms with van der Waals surface area (Å²) in [5, 5.41) is 34.4. The van der Waals surface area contributed by atoms with Crippen LogP contribution in [0.25, 0.3) is 0 Å². The highest BCUT2D eigenvalue weighted by Gasteiger charge is 2.30. The molecule has 0 unspecified atom stereocenters. The van der Waals surface area contributed by atoms with Crippen molar-refractivity contribution >= 4 is 53.1 Å². The van der Waals surface area contributed by atoms with E-state index in [2.05, 4.69) is 31.9 Å². The summed E-state index contributed by atoms with van der Waals surface area (Å²) >= 11 is 1.51. The van der Waals surface area contributed by atoms with Crippen LogP contribution in [0, 0.1) is 0 Å². The highest BCUT2D eigenvalue weighted by molar-refractivity contribution is 7.98. The Bertz CT molecular complexity index is 1470. The Morgan fingerprint density at radius 2 is 1.11 bits per heavy atom. The number of aliphatic hydroxyl groups excluding tert-OH is 1. The molecule has 0 bridgehead atoms. The van der Waals surface area contributed by atoms with Gasteiger partial charge in [0.15, 0.2) is 0 Å². The van der Waals surface area contributed by atoms with Gasteiger partial charge in [-0.05, 0) is 81.2 Å². The van der Waals surface area contributed by atoms with Gasteiger partial charge in [-0.1, -0.05) is 82.8 Å². The number of hydrogen-bond donors (Lipinski definition) is 10. The number of carbonyl (C=O) groups is 7. The third-order valence-corrected chi connectivity index (χ3v) is 11.1. The smallest absolute Gasteiger partial charge is 0.243 e. The average molecular weight is 893 g/mol. The SMILES string of the molecule is CNC(=O)[C@H](CCCCN)NC(=O)[C@H](CCC(N)=O)NC(=O)[C@H](Cc1ccc(O)cc1)NC(=O)CNC(=O)[C@H](CCSC)NC(=O)CCCCCCCCCCCCCCCO. The van der Waals surface area contributed by atoms with E-state index in [9.17, 15) is 38.7 Å². The minimum Gasteiger partial charge on any atom is -0.508 e. The summed E-state index contributed by atoms with van der Waals surface area (Å²) in [6, 6.07) is 1.55. The lowest BCUT2D eigenvalue weighted by atomic mass is 10.0. The number of hydrogen-bond acceptors (Lipinski definition) is 11. The largest absolute Gasteiger partial charge is 0.508 e. The number of aliphatic hydroxyl groups is 1. The van der Waals surface area contributed by atoms with Crippen molar-refractivity contribution in [3.8, 4) is 5.75 Å². The maximum Gasteiger partial charge on any atom is 0.243 e. The quantitative estimate of drug-likeness (QED) is 0.0433. The number of nitrogens with one attached hydrogen (secondary N) is 6. The number of amides is 7. The first-order valence-electron chi connectivity index (χ1n) is 22.4. The number of phenolic OH excluding ortho intramolecular Hbond substituents is 1. The molecule has 0 spiro atoms. The second kappa shape index (κ2) is 35.1. The molecule has 62 heavy (non-hydrogen) atoms. The lowest BCUT2D eigenvalue weighted by Crippen LogP contribution is -2.58. The minimum atomic E-state index is -1.31. The van der Waals surface area contributed by atoms with Crippen LogP contribution in [-0.4, -0.2) is 114 Å². The van der Waals surface area contributed by atoms with E-state index >= 15 is 0 Å². The summed E-state index contributed by atoms with van der Waals surface area (Å²) in [6.07, 6.45) is 17.8. The zero-order chi connectivity index (χ0) is 46.0. The van der Waals surface area contributed by atoms with E-state index in [1.54, 1.807) is 12.1 Å². The van der Waals surface area contributed by atoms with Crippen LogP contribution in [0.2, 0.25) is 0 Å². The predicted molar refractivity (Wildman–Crippen MR) is 243 cm³/mol. The molecule has 0 radical (unpaired) electrons. The fourth-order valence-corrected chi connectivity index (χ4v) is 7.23. The van der Waals surface area contributed by atoms with Crippen molar-refractivity contribution in [3.05, 3.63) is 29.8 Å². The fourth-order valence-electron chi connectivity index (χ4n) is 6.76. The molecule has 0 aliphatic rings. The molecule has 0 aromatic heterocycles. The standard InChI is InChI=1S/C44H76N8O9S/c1-47-41(58)34(18-15-16-27-45)51-43(60)35(24-25-38(46)55)52-44(61)37(30-32-20-22-33(54)23-21-32)50-40(57)31-48-42(59)36(26-29-62-2)49-39(56)19-14-12-10-8-6-4-3-5-7-9-11-13-17-28-53/h20-23,34-37,53-54H,3-19,24-31,45H2,1-2H3,(H2,46,55)(H,47,58)(H,48,59)(H,49,56)(H,50,57)(H,51,60)(H,52,61)/t34-,35-,36-,37-/m0/s1. The number of thioether (sulfide) groups is 1. The van der Waals surface area contributed by atoms with Crippen molar-refractivity contribution in [1.82, 2.24) is 31.9 Å². The molecule has 12 N–H and O–H groups in total. The highest BCUT2D eigenvalue weighted by atomic mass is 32.2. The van der Waals surface area contributed by atoms with Gasteiger partial charge in [0.05, 0.1) is 6.54 Å². The fraction of sp³-hybridized carbons (Fsp3) is 0.705. The Hall–Kier alpha value is -4.42. The van der Waals surface area contributed by atoms with E-state index in [-0.39, 0.29) is 50.4 Å². The Morgan fingerprint density at radius 1 is 0.597 bits per heavy atom. The van der Waals surface area contributed by atoms with Crippen LogP contribution in [0.4, 0.5) is 0 Å². The molecular weight excluding hydrogens is 817 g/mol. The Balaban J connectivity index is 2.84. The van der Waals surface area contributed by atoms with Crippen LogP contribution in [0.5, 0.6) is 5.75 Å². The molecule has 352 valence electrons.